The van der Waals surface area contributed by atoms with E-state index in [0.717, 1.165) is 30.3 Å². The van der Waals surface area contributed by atoms with E-state index < -0.39 is 10.0 Å². The van der Waals surface area contributed by atoms with Gasteiger partial charge < -0.3 is 4.57 Å². The molecule has 8 heteroatoms. The Morgan fingerprint density at radius 3 is 2.58 bits per heavy atom. The van der Waals surface area contributed by atoms with Gasteiger partial charge in [-0.3, -0.25) is 0 Å². The van der Waals surface area contributed by atoms with Gasteiger partial charge in [0.25, 0.3) is 10.0 Å². The first-order valence-electron chi connectivity index (χ1n) is 7.51. The van der Waals surface area contributed by atoms with Gasteiger partial charge in [-0.05, 0) is 30.2 Å². The lowest BCUT2D eigenvalue weighted by Gasteiger charge is -2.10. The zero-order valence-electron chi connectivity index (χ0n) is 13.1. The van der Waals surface area contributed by atoms with Crippen LogP contribution in [0.4, 0.5) is 4.39 Å². The molecular formula is C16H17FN4O2S. The predicted molar refractivity (Wildman–Crippen MR) is 88.4 cm³/mol. The van der Waals surface area contributed by atoms with E-state index in [0.29, 0.717) is 17.7 Å². The normalized spacial score (nSPS) is 12.0. The number of benzene rings is 1. The number of hydrogen-bond acceptors (Lipinski definition) is 4. The third-order valence-corrected chi connectivity index (χ3v) is 4.49. The van der Waals surface area contributed by atoms with Crippen molar-refractivity contribution in [1.82, 2.24) is 14.5 Å². The summed E-state index contributed by atoms with van der Waals surface area (Å²) in [6.45, 7) is 2.55. The monoisotopic (exact) mass is 348 g/mol. The molecule has 0 atom stereocenters. The lowest BCUT2D eigenvalue weighted by molar-refractivity contribution is 0.594. The molecule has 0 saturated heterocycles. The van der Waals surface area contributed by atoms with Gasteiger partial charge in [-0.15, -0.1) is 0 Å². The third kappa shape index (κ3) is 3.29. The molecular weight excluding hydrogens is 331 g/mol. The molecule has 2 heterocycles. The number of nitrogens with zero attached hydrogens (tertiary/aromatic N) is 3. The average molecular weight is 348 g/mol. The summed E-state index contributed by atoms with van der Waals surface area (Å²) in [5, 5.41) is 4.86. The van der Waals surface area contributed by atoms with E-state index in [1.807, 2.05) is 10.6 Å². The quantitative estimate of drug-likeness (QED) is 0.765. The van der Waals surface area contributed by atoms with Crippen LogP contribution in [-0.4, -0.2) is 23.0 Å². The fourth-order valence-electron chi connectivity index (χ4n) is 2.61. The Labute approximate surface area is 139 Å². The lowest BCUT2D eigenvalue weighted by atomic mass is 10.2. The number of primary sulfonamides is 1. The average Bonchev–Trinajstić information content (AvgIpc) is 2.86. The molecule has 0 saturated carbocycles. The van der Waals surface area contributed by atoms with Crippen LogP contribution in [0.1, 0.15) is 24.6 Å². The maximum Gasteiger partial charge on any atom is 0.257 e. The Hall–Kier alpha value is -2.32. The Morgan fingerprint density at radius 2 is 1.96 bits per heavy atom. The number of hydrogen-bond donors (Lipinski definition) is 1. The van der Waals surface area contributed by atoms with Crippen LogP contribution >= 0.6 is 0 Å². The van der Waals surface area contributed by atoms with Crippen LogP contribution in [0.3, 0.4) is 0 Å². The van der Waals surface area contributed by atoms with Crippen molar-refractivity contribution in [3.05, 3.63) is 53.6 Å². The zero-order valence-corrected chi connectivity index (χ0v) is 13.9. The summed E-state index contributed by atoms with van der Waals surface area (Å²) in [5.74, 6) is -0.289. The molecule has 0 fully saturated rings. The Bertz CT molecular complexity index is 981. The Balaban J connectivity index is 2.10. The summed E-state index contributed by atoms with van der Waals surface area (Å²) in [4.78, 5) is 8.34. The SMILES string of the molecule is CCCc1cc2nc(S(N)(=O)=O)cnc2n1Cc1ccc(F)cc1. The van der Waals surface area contributed by atoms with E-state index in [9.17, 15) is 12.8 Å². The molecule has 3 aromatic rings. The van der Waals surface area contributed by atoms with Crippen LogP contribution < -0.4 is 5.14 Å². The maximum absolute atomic E-state index is 13.1. The van der Waals surface area contributed by atoms with Crippen molar-refractivity contribution in [3.63, 3.8) is 0 Å². The van der Waals surface area contributed by atoms with Gasteiger partial charge in [0.05, 0.1) is 6.20 Å². The molecule has 0 aliphatic heterocycles. The molecule has 0 spiro atoms. The zero-order chi connectivity index (χ0) is 17.3. The van der Waals surface area contributed by atoms with Crippen molar-refractivity contribution >= 4 is 21.2 Å². The molecule has 0 aliphatic carbocycles. The molecule has 0 radical (unpaired) electrons. The summed E-state index contributed by atoms with van der Waals surface area (Å²) in [6.07, 6.45) is 2.88. The van der Waals surface area contributed by atoms with Gasteiger partial charge in [0.2, 0.25) is 0 Å². The minimum Gasteiger partial charge on any atom is -0.324 e. The number of aryl methyl sites for hydroxylation is 1. The first kappa shape index (κ1) is 16.5. The molecule has 0 amide bonds. The largest absolute Gasteiger partial charge is 0.324 e. The number of halogens is 1. The van der Waals surface area contributed by atoms with Crippen LogP contribution in [0.15, 0.2) is 41.6 Å². The standard InChI is InChI=1S/C16H17FN4O2S/c1-2-3-13-8-14-16(19-9-15(20-14)24(18,22)23)21(13)10-11-4-6-12(17)7-5-11/h4-9H,2-3,10H2,1H3,(H2,18,22,23). The Morgan fingerprint density at radius 1 is 1.25 bits per heavy atom. The topological polar surface area (TPSA) is 90.9 Å². The molecule has 2 N–H and O–H groups in total. The minimum absolute atomic E-state index is 0.253. The maximum atomic E-state index is 13.1. The van der Waals surface area contributed by atoms with Gasteiger partial charge in [0, 0.05) is 12.2 Å². The molecule has 24 heavy (non-hydrogen) atoms. The van der Waals surface area contributed by atoms with Crippen LogP contribution in [0.5, 0.6) is 0 Å². The van der Waals surface area contributed by atoms with E-state index >= 15 is 0 Å². The number of sulfonamides is 1. The van der Waals surface area contributed by atoms with Crippen molar-refractivity contribution in [2.45, 2.75) is 31.3 Å². The second-order valence-corrected chi connectivity index (χ2v) is 7.07. The second kappa shape index (κ2) is 6.29. The van der Waals surface area contributed by atoms with E-state index in [1.54, 1.807) is 12.1 Å². The highest BCUT2D eigenvalue weighted by Gasteiger charge is 2.16. The molecule has 0 bridgehead atoms. The van der Waals surface area contributed by atoms with Crippen LogP contribution in [0.25, 0.3) is 11.2 Å². The van der Waals surface area contributed by atoms with E-state index in [-0.39, 0.29) is 10.8 Å². The number of aromatic nitrogens is 3. The predicted octanol–water partition coefficient (Wildman–Crippen LogP) is 2.22. The van der Waals surface area contributed by atoms with Crippen molar-refractivity contribution in [2.24, 2.45) is 5.14 Å². The van der Waals surface area contributed by atoms with Gasteiger partial charge in [-0.25, -0.2) is 27.9 Å². The number of fused-ring (bicyclic) bond motifs is 1. The lowest BCUT2D eigenvalue weighted by Crippen LogP contribution is -2.14. The van der Waals surface area contributed by atoms with Crippen molar-refractivity contribution < 1.29 is 12.8 Å². The van der Waals surface area contributed by atoms with Crippen LogP contribution in [0, 0.1) is 5.82 Å². The van der Waals surface area contributed by atoms with Crippen molar-refractivity contribution in [3.8, 4) is 0 Å². The molecule has 0 aliphatic rings. The van der Waals surface area contributed by atoms with Crippen molar-refractivity contribution in [1.29, 1.82) is 0 Å². The van der Waals surface area contributed by atoms with E-state index in [4.69, 9.17) is 5.14 Å². The third-order valence-electron chi connectivity index (χ3n) is 3.71. The van der Waals surface area contributed by atoms with Crippen LogP contribution in [-0.2, 0) is 23.0 Å². The molecule has 0 unspecified atom stereocenters. The smallest absolute Gasteiger partial charge is 0.257 e. The van der Waals surface area contributed by atoms with E-state index in [2.05, 4.69) is 16.9 Å². The van der Waals surface area contributed by atoms with Gasteiger partial charge >= 0.3 is 0 Å². The van der Waals surface area contributed by atoms with Gasteiger partial charge in [0.1, 0.15) is 11.3 Å². The molecule has 126 valence electrons. The number of rotatable bonds is 5. The first-order valence-corrected chi connectivity index (χ1v) is 9.05. The van der Waals surface area contributed by atoms with Gasteiger partial charge in [-0.1, -0.05) is 25.5 Å². The molecule has 6 nitrogen and oxygen atoms in total. The molecule has 3 rings (SSSR count). The van der Waals surface area contributed by atoms with E-state index in [1.165, 1.54) is 12.1 Å². The van der Waals surface area contributed by atoms with Gasteiger partial charge in [0.15, 0.2) is 10.7 Å². The molecule has 1 aromatic carbocycles. The minimum atomic E-state index is -3.90. The Kier molecular flexibility index (Phi) is 4.33. The highest BCUT2D eigenvalue weighted by Crippen LogP contribution is 2.21. The van der Waals surface area contributed by atoms with Gasteiger partial charge in [-0.2, -0.15) is 0 Å². The highest BCUT2D eigenvalue weighted by molar-refractivity contribution is 7.89. The summed E-state index contributed by atoms with van der Waals surface area (Å²) in [5.41, 5.74) is 2.97. The fraction of sp³-hybridized carbons (Fsp3) is 0.250. The number of nitrogens with two attached hydrogens (primary N) is 1. The summed E-state index contributed by atoms with van der Waals surface area (Å²) >= 11 is 0. The second-order valence-electron chi connectivity index (χ2n) is 5.56. The summed E-state index contributed by atoms with van der Waals surface area (Å²) < 4.78 is 37.9. The molecule has 2 aromatic heterocycles. The summed E-state index contributed by atoms with van der Waals surface area (Å²) in [6, 6.07) is 8.06. The highest BCUT2D eigenvalue weighted by atomic mass is 32.2. The summed E-state index contributed by atoms with van der Waals surface area (Å²) in [7, 11) is -3.90. The van der Waals surface area contributed by atoms with Crippen molar-refractivity contribution in [2.75, 3.05) is 0 Å². The van der Waals surface area contributed by atoms with Crippen LogP contribution in [0.2, 0.25) is 0 Å². The fourth-order valence-corrected chi connectivity index (χ4v) is 3.03. The first-order chi connectivity index (χ1) is 11.4.